The highest BCUT2D eigenvalue weighted by Crippen LogP contribution is 2.36. The Morgan fingerprint density at radius 1 is 1.05 bits per heavy atom. The number of carbonyl (C=O) groups excluding carboxylic acids is 2. The third-order valence-electron chi connectivity index (χ3n) is 8.19. The van der Waals surface area contributed by atoms with E-state index in [0.29, 0.717) is 23.2 Å². The standard InChI is InChI=1S/C32H36F2N4O4/c1-41-31(40)38-29(28(22-4-9-24(33)10-5-22)23-6-11-25(34)12-7-23)30(39)37-27-19-35-17-14-21(27)8-13-26-18-36-20-32(42-26)15-2-3-16-32/h4-7,9-12,14,17,19,26,28-29,36H,2-3,8,13,15-16,18,20H2,1H3,(H,37,39)(H,38,40)/t26-,29+/m1/s1. The smallest absolute Gasteiger partial charge is 0.407 e. The predicted octanol–water partition coefficient (Wildman–Crippen LogP) is 5.09. The molecule has 1 saturated carbocycles. The topological polar surface area (TPSA) is 102 Å². The zero-order valence-corrected chi connectivity index (χ0v) is 23.6. The van der Waals surface area contributed by atoms with Crippen LogP contribution in [0.3, 0.4) is 0 Å². The highest BCUT2D eigenvalue weighted by Gasteiger charge is 2.39. The van der Waals surface area contributed by atoms with E-state index in [4.69, 9.17) is 9.47 Å². The van der Waals surface area contributed by atoms with Gasteiger partial charge in [0.05, 0.1) is 30.7 Å². The molecule has 2 heterocycles. The second kappa shape index (κ2) is 13.4. The van der Waals surface area contributed by atoms with Gasteiger partial charge in [0.1, 0.15) is 17.7 Å². The molecular weight excluding hydrogens is 542 g/mol. The van der Waals surface area contributed by atoms with Gasteiger partial charge in [-0.3, -0.25) is 9.78 Å². The summed E-state index contributed by atoms with van der Waals surface area (Å²) in [5.41, 5.74) is 2.42. The summed E-state index contributed by atoms with van der Waals surface area (Å²) in [4.78, 5) is 30.6. The molecule has 2 fully saturated rings. The van der Waals surface area contributed by atoms with Gasteiger partial charge in [0.25, 0.3) is 0 Å². The third kappa shape index (κ3) is 7.11. The van der Waals surface area contributed by atoms with Crippen LogP contribution in [0.4, 0.5) is 19.3 Å². The number of morpholine rings is 1. The van der Waals surface area contributed by atoms with E-state index in [9.17, 15) is 18.4 Å². The number of hydrogen-bond donors (Lipinski definition) is 3. The van der Waals surface area contributed by atoms with E-state index in [2.05, 4.69) is 20.9 Å². The van der Waals surface area contributed by atoms with Gasteiger partial charge in [-0.2, -0.15) is 0 Å². The first-order chi connectivity index (χ1) is 20.4. The van der Waals surface area contributed by atoms with Crippen LogP contribution < -0.4 is 16.0 Å². The van der Waals surface area contributed by atoms with Gasteiger partial charge < -0.3 is 25.4 Å². The van der Waals surface area contributed by atoms with E-state index in [-0.39, 0.29) is 11.7 Å². The molecule has 8 nitrogen and oxygen atoms in total. The molecule has 2 aromatic carbocycles. The van der Waals surface area contributed by atoms with Crippen molar-refractivity contribution in [2.75, 3.05) is 25.5 Å². The zero-order chi connectivity index (χ0) is 29.5. The maximum atomic E-state index is 13.9. The first kappa shape index (κ1) is 29.6. The van der Waals surface area contributed by atoms with Crippen LogP contribution in [0, 0.1) is 11.6 Å². The van der Waals surface area contributed by atoms with Gasteiger partial charge in [-0.25, -0.2) is 13.6 Å². The molecule has 1 aromatic heterocycles. The summed E-state index contributed by atoms with van der Waals surface area (Å²) in [7, 11) is 1.20. The molecular formula is C32H36F2N4O4. The molecule has 42 heavy (non-hydrogen) atoms. The van der Waals surface area contributed by atoms with Crippen LogP contribution in [0.2, 0.25) is 0 Å². The fourth-order valence-electron chi connectivity index (χ4n) is 6.06. The average Bonchev–Trinajstić information content (AvgIpc) is 3.45. The highest BCUT2D eigenvalue weighted by molar-refractivity contribution is 5.98. The Morgan fingerprint density at radius 2 is 1.69 bits per heavy atom. The minimum atomic E-state index is -1.19. The fraction of sp³-hybridized carbons (Fsp3) is 0.406. The number of aryl methyl sites for hydroxylation is 1. The third-order valence-corrected chi connectivity index (χ3v) is 8.19. The highest BCUT2D eigenvalue weighted by atomic mass is 19.1. The van der Waals surface area contributed by atoms with Crippen LogP contribution in [-0.4, -0.2) is 54.9 Å². The van der Waals surface area contributed by atoms with Gasteiger partial charge >= 0.3 is 6.09 Å². The molecule has 1 spiro atoms. The van der Waals surface area contributed by atoms with E-state index < -0.39 is 35.6 Å². The largest absolute Gasteiger partial charge is 0.453 e. The van der Waals surface area contributed by atoms with Crippen molar-refractivity contribution in [1.82, 2.24) is 15.6 Å². The first-order valence-electron chi connectivity index (χ1n) is 14.3. The lowest BCUT2D eigenvalue weighted by Crippen LogP contribution is -2.52. The molecule has 222 valence electrons. The van der Waals surface area contributed by atoms with E-state index in [1.165, 1.54) is 68.5 Å². The molecule has 2 amide bonds. The Kier molecular flexibility index (Phi) is 9.44. The number of benzene rings is 2. The van der Waals surface area contributed by atoms with E-state index in [1.807, 2.05) is 6.07 Å². The minimum Gasteiger partial charge on any atom is -0.453 e. The fourth-order valence-corrected chi connectivity index (χ4v) is 6.06. The van der Waals surface area contributed by atoms with Crippen molar-refractivity contribution in [3.05, 3.63) is 95.3 Å². The van der Waals surface area contributed by atoms with Gasteiger partial charge in [0, 0.05) is 25.2 Å². The number of hydrogen-bond acceptors (Lipinski definition) is 6. The molecule has 1 aliphatic carbocycles. The van der Waals surface area contributed by atoms with E-state index in [0.717, 1.165) is 37.9 Å². The maximum absolute atomic E-state index is 13.9. The van der Waals surface area contributed by atoms with Crippen LogP contribution in [-0.2, 0) is 20.7 Å². The molecule has 0 unspecified atom stereocenters. The number of ether oxygens (including phenoxy) is 2. The Hall–Kier alpha value is -3.89. The number of amides is 2. The molecule has 10 heteroatoms. The average molecular weight is 579 g/mol. The summed E-state index contributed by atoms with van der Waals surface area (Å²) >= 11 is 0. The number of alkyl carbamates (subject to hydrolysis) is 1. The van der Waals surface area contributed by atoms with Crippen LogP contribution in [0.15, 0.2) is 67.0 Å². The maximum Gasteiger partial charge on any atom is 0.407 e. The molecule has 5 rings (SSSR count). The van der Waals surface area contributed by atoms with E-state index >= 15 is 0 Å². The second-order valence-electron chi connectivity index (χ2n) is 11.0. The lowest BCUT2D eigenvalue weighted by atomic mass is 9.84. The molecule has 0 bridgehead atoms. The summed E-state index contributed by atoms with van der Waals surface area (Å²) in [5, 5.41) is 9.11. The number of nitrogens with zero attached hydrogens (tertiary/aromatic N) is 1. The Labute approximate surface area is 244 Å². The molecule has 3 N–H and O–H groups in total. The van der Waals surface area contributed by atoms with Gasteiger partial charge in [-0.1, -0.05) is 37.1 Å². The van der Waals surface area contributed by atoms with Crippen molar-refractivity contribution < 1.29 is 27.8 Å². The van der Waals surface area contributed by atoms with Crippen molar-refractivity contribution in [1.29, 1.82) is 0 Å². The van der Waals surface area contributed by atoms with Crippen LogP contribution in [0.25, 0.3) is 0 Å². The summed E-state index contributed by atoms with van der Waals surface area (Å²) < 4.78 is 39.0. The lowest BCUT2D eigenvalue weighted by Gasteiger charge is -2.39. The summed E-state index contributed by atoms with van der Waals surface area (Å²) in [6.07, 6.45) is 8.42. The number of pyridine rings is 1. The molecule has 1 saturated heterocycles. The summed E-state index contributed by atoms with van der Waals surface area (Å²) in [6, 6.07) is 11.9. The first-order valence-corrected chi connectivity index (χ1v) is 14.3. The SMILES string of the molecule is COC(=O)N[C@H](C(=O)Nc1cnccc1CC[C@@H]1CNCC2(CCCC2)O1)C(c1ccc(F)cc1)c1ccc(F)cc1. The molecule has 1 aliphatic heterocycles. The van der Waals surface area contributed by atoms with Gasteiger partial charge in [0.2, 0.25) is 5.91 Å². The van der Waals surface area contributed by atoms with Crippen molar-refractivity contribution in [3.8, 4) is 0 Å². The van der Waals surface area contributed by atoms with E-state index in [1.54, 1.807) is 12.4 Å². The Bertz CT molecular complexity index is 1320. The quantitative estimate of drug-likeness (QED) is 0.327. The number of rotatable bonds is 9. The summed E-state index contributed by atoms with van der Waals surface area (Å²) in [5.74, 6) is -2.22. The summed E-state index contributed by atoms with van der Waals surface area (Å²) in [6.45, 7) is 1.66. The van der Waals surface area contributed by atoms with Crippen LogP contribution in [0.1, 0.15) is 54.7 Å². The Balaban J connectivity index is 1.38. The van der Waals surface area contributed by atoms with Gasteiger partial charge in [0.15, 0.2) is 0 Å². The number of nitrogens with one attached hydrogen (secondary N) is 3. The van der Waals surface area contributed by atoms with Gasteiger partial charge in [-0.15, -0.1) is 0 Å². The van der Waals surface area contributed by atoms with Crippen LogP contribution in [0.5, 0.6) is 0 Å². The number of aromatic nitrogens is 1. The Morgan fingerprint density at radius 3 is 2.31 bits per heavy atom. The van der Waals surface area contributed by atoms with Crippen molar-refractivity contribution in [3.63, 3.8) is 0 Å². The molecule has 2 aliphatic rings. The predicted molar refractivity (Wildman–Crippen MR) is 154 cm³/mol. The number of methoxy groups -OCH3 is 1. The molecule has 2 atom stereocenters. The van der Waals surface area contributed by atoms with Crippen molar-refractivity contribution >= 4 is 17.7 Å². The second-order valence-corrected chi connectivity index (χ2v) is 11.0. The number of carbonyl (C=O) groups is 2. The zero-order valence-electron chi connectivity index (χ0n) is 23.6. The molecule has 3 aromatic rings. The minimum absolute atomic E-state index is 0.0589. The number of halogens is 2. The van der Waals surface area contributed by atoms with Crippen molar-refractivity contribution in [2.24, 2.45) is 0 Å². The van der Waals surface area contributed by atoms with Crippen LogP contribution >= 0.6 is 0 Å². The number of anilines is 1. The van der Waals surface area contributed by atoms with Crippen molar-refractivity contribution in [2.45, 2.75) is 62.2 Å². The lowest BCUT2D eigenvalue weighted by molar-refractivity contribution is -0.118. The molecule has 0 radical (unpaired) electrons. The van der Waals surface area contributed by atoms with Gasteiger partial charge in [-0.05, 0) is 72.7 Å². The monoisotopic (exact) mass is 578 g/mol. The normalized spacial score (nSPS) is 18.5.